The molecule has 0 aliphatic carbocycles. The van der Waals surface area contributed by atoms with Crippen LogP contribution < -0.4 is 0 Å². The standard InChI is InChI=1S/C23H26FN3/c1-17-3-4-22-21(15-17)20-7-12-26(14-9-24)13-8-23(20)27(22)16-18(2)19-5-10-25-11-6-19/h3-6,10-11,15-16H,7-9,12-14H2,1-2H3. The Morgan fingerprint density at radius 1 is 1.15 bits per heavy atom. The maximum atomic E-state index is 12.8. The van der Waals surface area contributed by atoms with Crippen LogP contribution in [0.5, 0.6) is 0 Å². The predicted octanol–water partition coefficient (Wildman–Crippen LogP) is 4.73. The maximum absolute atomic E-state index is 12.8. The molecular weight excluding hydrogens is 337 g/mol. The molecule has 27 heavy (non-hydrogen) atoms. The minimum Gasteiger partial charge on any atom is -0.320 e. The van der Waals surface area contributed by atoms with Gasteiger partial charge in [0.2, 0.25) is 0 Å². The molecule has 3 heterocycles. The average molecular weight is 363 g/mol. The lowest BCUT2D eigenvalue weighted by Crippen LogP contribution is -2.28. The van der Waals surface area contributed by atoms with Crippen molar-refractivity contribution in [2.45, 2.75) is 26.7 Å². The number of allylic oxidation sites excluding steroid dienone is 1. The van der Waals surface area contributed by atoms with Crippen LogP contribution in [0, 0.1) is 6.92 Å². The third-order valence-electron chi connectivity index (χ3n) is 5.58. The lowest BCUT2D eigenvalue weighted by Gasteiger charge is -2.17. The fourth-order valence-corrected chi connectivity index (χ4v) is 4.12. The molecule has 0 saturated heterocycles. The SMILES string of the molecule is CC(=Cn1c2c(c3cc(C)ccc31)CCN(CCF)CC2)c1ccncc1. The molecule has 140 valence electrons. The van der Waals surface area contributed by atoms with Gasteiger partial charge in [0.05, 0.1) is 5.52 Å². The second-order valence-corrected chi connectivity index (χ2v) is 7.39. The summed E-state index contributed by atoms with van der Waals surface area (Å²) in [4.78, 5) is 6.36. The van der Waals surface area contributed by atoms with Gasteiger partial charge in [-0.25, -0.2) is 4.39 Å². The van der Waals surface area contributed by atoms with Gasteiger partial charge in [-0.05, 0) is 61.2 Å². The van der Waals surface area contributed by atoms with Crippen molar-refractivity contribution in [1.29, 1.82) is 0 Å². The molecule has 0 fully saturated rings. The maximum Gasteiger partial charge on any atom is 0.102 e. The highest BCUT2D eigenvalue weighted by Gasteiger charge is 2.21. The number of halogens is 1. The molecule has 0 saturated carbocycles. The predicted molar refractivity (Wildman–Crippen MR) is 111 cm³/mol. The van der Waals surface area contributed by atoms with Crippen LogP contribution in [0.1, 0.15) is 29.3 Å². The van der Waals surface area contributed by atoms with Gasteiger partial charge in [-0.2, -0.15) is 0 Å². The Hall–Kier alpha value is -2.46. The number of benzene rings is 1. The summed E-state index contributed by atoms with van der Waals surface area (Å²) in [6.45, 7) is 6.39. The second-order valence-electron chi connectivity index (χ2n) is 7.39. The van der Waals surface area contributed by atoms with Crippen LogP contribution in [-0.2, 0) is 12.8 Å². The quantitative estimate of drug-likeness (QED) is 0.668. The largest absolute Gasteiger partial charge is 0.320 e. The zero-order valence-corrected chi connectivity index (χ0v) is 16.1. The number of alkyl halides is 1. The number of pyridine rings is 1. The molecule has 0 N–H and O–H groups in total. The molecule has 0 atom stereocenters. The Morgan fingerprint density at radius 2 is 1.93 bits per heavy atom. The Bertz CT molecular complexity index is 972. The van der Waals surface area contributed by atoms with E-state index in [1.54, 1.807) is 0 Å². The Kier molecular flexibility index (Phi) is 5.08. The van der Waals surface area contributed by atoms with Crippen molar-refractivity contribution in [1.82, 2.24) is 14.5 Å². The van der Waals surface area contributed by atoms with Gasteiger partial charge in [-0.15, -0.1) is 0 Å². The van der Waals surface area contributed by atoms with Crippen LogP contribution in [0.25, 0.3) is 22.7 Å². The van der Waals surface area contributed by atoms with Crippen molar-refractivity contribution in [3.63, 3.8) is 0 Å². The molecule has 3 nitrogen and oxygen atoms in total. The first-order chi connectivity index (χ1) is 13.2. The van der Waals surface area contributed by atoms with Gasteiger partial charge in [0.1, 0.15) is 6.67 Å². The van der Waals surface area contributed by atoms with Crippen molar-refractivity contribution in [2.75, 3.05) is 26.3 Å². The molecule has 1 aliphatic rings. The van der Waals surface area contributed by atoms with E-state index in [1.165, 1.54) is 38.9 Å². The van der Waals surface area contributed by atoms with Gasteiger partial charge in [0.25, 0.3) is 0 Å². The van der Waals surface area contributed by atoms with E-state index in [0.717, 1.165) is 25.9 Å². The number of aryl methyl sites for hydroxylation is 1. The summed E-state index contributed by atoms with van der Waals surface area (Å²) in [5.74, 6) is 0. The summed E-state index contributed by atoms with van der Waals surface area (Å²) in [6, 6.07) is 10.8. The molecule has 0 bridgehead atoms. The van der Waals surface area contributed by atoms with Crippen LogP contribution >= 0.6 is 0 Å². The van der Waals surface area contributed by atoms with E-state index in [-0.39, 0.29) is 6.67 Å². The van der Waals surface area contributed by atoms with Crippen LogP contribution in [-0.4, -0.2) is 40.8 Å². The van der Waals surface area contributed by atoms with Gasteiger partial charge in [-0.1, -0.05) is 11.6 Å². The van der Waals surface area contributed by atoms with Crippen LogP contribution in [0.15, 0.2) is 42.7 Å². The summed E-state index contributed by atoms with van der Waals surface area (Å²) in [5, 5.41) is 1.34. The van der Waals surface area contributed by atoms with E-state index >= 15 is 0 Å². The Labute approximate surface area is 160 Å². The van der Waals surface area contributed by atoms with Gasteiger partial charge in [0.15, 0.2) is 0 Å². The van der Waals surface area contributed by atoms with Gasteiger partial charge < -0.3 is 9.47 Å². The van der Waals surface area contributed by atoms with E-state index in [4.69, 9.17) is 0 Å². The molecule has 0 amide bonds. The molecule has 4 heteroatoms. The topological polar surface area (TPSA) is 21.1 Å². The first-order valence-electron chi connectivity index (χ1n) is 9.67. The molecule has 1 aromatic carbocycles. The van der Waals surface area contributed by atoms with Gasteiger partial charge in [0, 0.05) is 55.7 Å². The van der Waals surface area contributed by atoms with Crippen molar-refractivity contribution >= 4 is 22.7 Å². The summed E-state index contributed by atoms with van der Waals surface area (Å²) >= 11 is 0. The molecule has 4 rings (SSSR count). The lowest BCUT2D eigenvalue weighted by molar-refractivity contribution is 0.258. The smallest absolute Gasteiger partial charge is 0.102 e. The minimum absolute atomic E-state index is 0.273. The summed E-state index contributed by atoms with van der Waals surface area (Å²) in [7, 11) is 0. The molecule has 1 aliphatic heterocycles. The number of aromatic nitrogens is 2. The van der Waals surface area contributed by atoms with Gasteiger partial charge >= 0.3 is 0 Å². The van der Waals surface area contributed by atoms with Gasteiger partial charge in [-0.3, -0.25) is 4.98 Å². The highest BCUT2D eigenvalue weighted by Crippen LogP contribution is 2.31. The van der Waals surface area contributed by atoms with E-state index < -0.39 is 0 Å². The van der Waals surface area contributed by atoms with E-state index in [9.17, 15) is 4.39 Å². The van der Waals surface area contributed by atoms with Crippen molar-refractivity contribution in [3.05, 3.63) is 65.1 Å². The highest BCUT2D eigenvalue weighted by molar-refractivity contribution is 5.90. The zero-order valence-electron chi connectivity index (χ0n) is 16.1. The number of nitrogens with zero attached hydrogens (tertiary/aromatic N) is 3. The Balaban J connectivity index is 1.83. The monoisotopic (exact) mass is 363 g/mol. The summed E-state index contributed by atoms with van der Waals surface area (Å²) in [5.41, 5.74) is 7.72. The van der Waals surface area contributed by atoms with Crippen LogP contribution in [0.4, 0.5) is 4.39 Å². The number of hydrogen-bond acceptors (Lipinski definition) is 2. The molecular formula is C23H26FN3. The summed E-state index contributed by atoms with van der Waals surface area (Å²) in [6.07, 6.45) is 7.84. The molecule has 0 unspecified atom stereocenters. The van der Waals surface area contributed by atoms with E-state index in [2.05, 4.69) is 52.7 Å². The summed E-state index contributed by atoms with van der Waals surface area (Å²) < 4.78 is 15.2. The number of rotatable bonds is 4. The normalized spacial score (nSPS) is 15.7. The fourth-order valence-electron chi connectivity index (χ4n) is 4.12. The fraction of sp³-hybridized carbons (Fsp3) is 0.348. The third kappa shape index (κ3) is 3.54. The zero-order chi connectivity index (χ0) is 18.8. The van der Waals surface area contributed by atoms with E-state index in [1.807, 2.05) is 24.5 Å². The molecule has 2 aromatic heterocycles. The van der Waals surface area contributed by atoms with Crippen LogP contribution in [0.2, 0.25) is 0 Å². The highest BCUT2D eigenvalue weighted by atomic mass is 19.1. The first kappa shape index (κ1) is 17.9. The first-order valence-corrected chi connectivity index (χ1v) is 9.67. The second kappa shape index (κ2) is 7.65. The third-order valence-corrected chi connectivity index (χ3v) is 5.58. The average Bonchev–Trinajstić information content (AvgIpc) is 2.82. The number of hydrogen-bond donors (Lipinski definition) is 0. The van der Waals surface area contributed by atoms with Crippen molar-refractivity contribution in [2.24, 2.45) is 0 Å². The number of fused-ring (bicyclic) bond motifs is 3. The molecule has 0 spiro atoms. The Morgan fingerprint density at radius 3 is 2.70 bits per heavy atom. The van der Waals surface area contributed by atoms with Crippen LogP contribution in [0.3, 0.4) is 0 Å². The van der Waals surface area contributed by atoms with Crippen molar-refractivity contribution < 1.29 is 4.39 Å². The lowest BCUT2D eigenvalue weighted by atomic mass is 10.1. The van der Waals surface area contributed by atoms with Crippen molar-refractivity contribution in [3.8, 4) is 0 Å². The van der Waals surface area contributed by atoms with E-state index in [0.29, 0.717) is 6.54 Å². The molecule has 0 radical (unpaired) electrons. The minimum atomic E-state index is -0.273. The molecule has 3 aromatic rings.